The molecule has 1 aromatic carbocycles. The van der Waals surface area contributed by atoms with Gasteiger partial charge < -0.3 is 15.3 Å². The molecule has 0 aliphatic heterocycles. The number of nitrogens with zero attached hydrogens (tertiary/aromatic N) is 2. The van der Waals surface area contributed by atoms with Gasteiger partial charge in [-0.25, -0.2) is 0 Å². The van der Waals surface area contributed by atoms with Gasteiger partial charge in [0.05, 0.1) is 17.8 Å². The number of aromatic nitrogens is 2. The van der Waals surface area contributed by atoms with Gasteiger partial charge in [0.2, 0.25) is 5.89 Å². The van der Waals surface area contributed by atoms with Crippen LogP contribution in [0.25, 0.3) is 0 Å². The molecule has 0 atom stereocenters. The average molecular weight is 261 g/mol. The number of nitrogens with one attached hydrogen (secondary N) is 2. The molecule has 1 heterocycles. The average Bonchev–Trinajstić information content (AvgIpc) is 2.81. The molecule has 19 heavy (non-hydrogen) atoms. The summed E-state index contributed by atoms with van der Waals surface area (Å²) in [5.74, 6) is 6.01. The molecule has 100 valence electrons. The van der Waals surface area contributed by atoms with Crippen LogP contribution in [-0.4, -0.2) is 16.0 Å². The summed E-state index contributed by atoms with van der Waals surface area (Å²) in [5, 5.41) is 6.35. The molecule has 0 radical (unpaired) electrons. The van der Waals surface area contributed by atoms with Gasteiger partial charge in [-0.05, 0) is 26.0 Å². The van der Waals surface area contributed by atoms with Gasteiger partial charge >= 0.3 is 0 Å². The summed E-state index contributed by atoms with van der Waals surface area (Å²) < 4.78 is 4.91. The normalized spacial score (nSPS) is 10.3. The lowest BCUT2D eigenvalue weighted by atomic mass is 10.1. The topological polar surface area (TPSA) is 106 Å². The summed E-state index contributed by atoms with van der Waals surface area (Å²) in [4.78, 5) is 16.1. The molecular weight excluding hydrogens is 246 g/mol. The monoisotopic (exact) mass is 261 g/mol. The van der Waals surface area contributed by atoms with E-state index >= 15 is 0 Å². The maximum Gasteiger partial charge on any atom is 0.253 e. The van der Waals surface area contributed by atoms with Crippen molar-refractivity contribution >= 4 is 11.6 Å². The van der Waals surface area contributed by atoms with Crippen LogP contribution in [0, 0.1) is 13.8 Å². The van der Waals surface area contributed by atoms with E-state index in [9.17, 15) is 4.79 Å². The van der Waals surface area contributed by atoms with Gasteiger partial charge in [-0.2, -0.15) is 4.98 Å². The Balaban J connectivity index is 2.09. The second kappa shape index (κ2) is 5.49. The highest BCUT2D eigenvalue weighted by Gasteiger charge is 2.12. The molecule has 0 bridgehead atoms. The van der Waals surface area contributed by atoms with Crippen LogP contribution in [0.15, 0.2) is 22.7 Å². The van der Waals surface area contributed by atoms with Gasteiger partial charge in [0, 0.05) is 0 Å². The highest BCUT2D eigenvalue weighted by Crippen LogP contribution is 2.16. The first kappa shape index (κ1) is 13.0. The van der Waals surface area contributed by atoms with Gasteiger partial charge in [-0.15, -0.1) is 0 Å². The Kier molecular flexibility index (Phi) is 3.76. The number of hydrazine groups is 1. The van der Waals surface area contributed by atoms with Crippen molar-refractivity contribution in [2.24, 2.45) is 5.84 Å². The summed E-state index contributed by atoms with van der Waals surface area (Å²) in [6, 6.07) is 5.37. The summed E-state index contributed by atoms with van der Waals surface area (Å²) >= 11 is 0. The van der Waals surface area contributed by atoms with Crippen molar-refractivity contribution in [3.05, 3.63) is 41.0 Å². The maximum atomic E-state index is 12.1. The molecule has 2 aromatic rings. The number of nitrogen functional groups attached to an aromatic ring is 1. The number of hydrogen-bond acceptors (Lipinski definition) is 6. The Hall–Kier alpha value is -2.41. The Morgan fingerprint density at radius 2 is 2.21 bits per heavy atom. The molecule has 0 spiro atoms. The van der Waals surface area contributed by atoms with E-state index in [1.54, 1.807) is 19.1 Å². The molecule has 0 saturated carbocycles. The van der Waals surface area contributed by atoms with Crippen LogP contribution < -0.4 is 16.6 Å². The Labute approximate surface area is 110 Å². The number of amides is 1. The molecule has 2 rings (SSSR count). The lowest BCUT2D eigenvalue weighted by Gasteiger charge is -2.09. The molecule has 0 fully saturated rings. The molecule has 4 N–H and O–H groups in total. The minimum Gasteiger partial charge on any atom is -0.343 e. The summed E-state index contributed by atoms with van der Waals surface area (Å²) in [7, 11) is 0. The first-order valence-corrected chi connectivity index (χ1v) is 5.75. The smallest absolute Gasteiger partial charge is 0.253 e. The van der Waals surface area contributed by atoms with Gasteiger partial charge in [-0.1, -0.05) is 16.8 Å². The fraction of sp³-hybridized carbons (Fsp3) is 0.250. The molecule has 7 nitrogen and oxygen atoms in total. The molecule has 1 amide bonds. The van der Waals surface area contributed by atoms with Crippen LogP contribution in [0.1, 0.15) is 27.6 Å². The highest BCUT2D eigenvalue weighted by atomic mass is 16.5. The zero-order chi connectivity index (χ0) is 13.8. The molecule has 0 saturated heterocycles. The molecule has 0 aliphatic carbocycles. The van der Waals surface area contributed by atoms with Crippen molar-refractivity contribution < 1.29 is 9.32 Å². The fourth-order valence-electron chi connectivity index (χ4n) is 1.63. The standard InChI is InChI=1S/C12H15N5O2/c1-7-3-4-10(16-13)9(5-7)12(18)14-6-11-15-8(2)17-19-11/h3-5,16H,6,13H2,1-2H3,(H,14,18). The van der Waals surface area contributed by atoms with Crippen molar-refractivity contribution in [1.82, 2.24) is 15.5 Å². The van der Waals surface area contributed by atoms with Crippen LogP contribution in [0.4, 0.5) is 5.69 Å². The number of nitrogens with two attached hydrogens (primary N) is 1. The summed E-state index contributed by atoms with van der Waals surface area (Å²) in [6.45, 7) is 3.79. The first-order valence-electron chi connectivity index (χ1n) is 5.75. The molecule has 0 aliphatic rings. The van der Waals surface area contributed by atoms with E-state index in [-0.39, 0.29) is 12.5 Å². The summed E-state index contributed by atoms with van der Waals surface area (Å²) in [6.07, 6.45) is 0. The highest BCUT2D eigenvalue weighted by molar-refractivity contribution is 5.99. The second-order valence-electron chi connectivity index (χ2n) is 4.11. The summed E-state index contributed by atoms with van der Waals surface area (Å²) in [5.41, 5.74) is 4.49. The van der Waals surface area contributed by atoms with Crippen molar-refractivity contribution in [2.45, 2.75) is 20.4 Å². The van der Waals surface area contributed by atoms with E-state index in [1.165, 1.54) is 0 Å². The minimum atomic E-state index is -0.257. The van der Waals surface area contributed by atoms with Gasteiger partial charge in [0.15, 0.2) is 5.82 Å². The van der Waals surface area contributed by atoms with Crippen molar-refractivity contribution in [3.8, 4) is 0 Å². The SMILES string of the molecule is Cc1ccc(NN)c(C(=O)NCc2nc(C)no2)c1. The third kappa shape index (κ3) is 3.08. The van der Waals surface area contributed by atoms with Crippen molar-refractivity contribution in [1.29, 1.82) is 0 Å². The Bertz CT molecular complexity index is 594. The predicted molar refractivity (Wildman–Crippen MR) is 69.2 cm³/mol. The lowest BCUT2D eigenvalue weighted by Crippen LogP contribution is -2.25. The Morgan fingerprint density at radius 1 is 1.42 bits per heavy atom. The van der Waals surface area contributed by atoms with Crippen LogP contribution in [0.5, 0.6) is 0 Å². The minimum absolute atomic E-state index is 0.178. The van der Waals surface area contributed by atoms with E-state index in [0.717, 1.165) is 5.56 Å². The number of rotatable bonds is 4. The molecule has 1 aromatic heterocycles. The van der Waals surface area contributed by atoms with E-state index in [0.29, 0.717) is 23.0 Å². The first-order chi connectivity index (χ1) is 9.10. The number of carbonyl (C=O) groups is 1. The second-order valence-corrected chi connectivity index (χ2v) is 4.11. The van der Waals surface area contributed by atoms with Crippen LogP contribution in [0.2, 0.25) is 0 Å². The number of hydrogen-bond donors (Lipinski definition) is 3. The van der Waals surface area contributed by atoms with Crippen LogP contribution >= 0.6 is 0 Å². The van der Waals surface area contributed by atoms with E-state index < -0.39 is 0 Å². The quantitative estimate of drug-likeness (QED) is 0.557. The van der Waals surface area contributed by atoms with Gasteiger partial charge in [-0.3, -0.25) is 10.6 Å². The molecule has 0 unspecified atom stereocenters. The van der Waals surface area contributed by atoms with E-state index in [2.05, 4.69) is 20.9 Å². The lowest BCUT2D eigenvalue weighted by molar-refractivity contribution is 0.0947. The van der Waals surface area contributed by atoms with Crippen molar-refractivity contribution in [3.63, 3.8) is 0 Å². The number of aryl methyl sites for hydroxylation is 2. The number of carbonyl (C=O) groups excluding carboxylic acids is 1. The van der Waals surface area contributed by atoms with Crippen LogP contribution in [-0.2, 0) is 6.54 Å². The van der Waals surface area contributed by atoms with E-state index in [4.69, 9.17) is 10.4 Å². The molecule has 7 heteroatoms. The maximum absolute atomic E-state index is 12.1. The third-order valence-corrected chi connectivity index (χ3v) is 2.55. The van der Waals surface area contributed by atoms with Crippen molar-refractivity contribution in [2.75, 3.05) is 5.43 Å². The van der Waals surface area contributed by atoms with Crippen LogP contribution in [0.3, 0.4) is 0 Å². The van der Waals surface area contributed by atoms with Gasteiger partial charge in [0.25, 0.3) is 5.91 Å². The zero-order valence-electron chi connectivity index (χ0n) is 10.7. The fourth-order valence-corrected chi connectivity index (χ4v) is 1.63. The number of anilines is 1. The zero-order valence-corrected chi connectivity index (χ0v) is 10.7. The van der Waals surface area contributed by atoms with E-state index in [1.807, 2.05) is 13.0 Å². The number of benzene rings is 1. The van der Waals surface area contributed by atoms with Gasteiger partial charge in [0.1, 0.15) is 0 Å². The Morgan fingerprint density at radius 3 is 2.84 bits per heavy atom. The third-order valence-electron chi connectivity index (χ3n) is 2.55. The molecular formula is C12H15N5O2. The largest absolute Gasteiger partial charge is 0.343 e. The predicted octanol–water partition coefficient (Wildman–Crippen LogP) is 0.902.